The summed E-state index contributed by atoms with van der Waals surface area (Å²) in [6, 6.07) is 4.14. The average Bonchev–Trinajstić information content (AvgIpc) is 2.56. The van der Waals surface area contributed by atoms with Crippen LogP contribution in [0.1, 0.15) is 19.4 Å². The van der Waals surface area contributed by atoms with Crippen molar-refractivity contribution >= 4 is 16.7 Å². The number of imidazole rings is 1. The van der Waals surface area contributed by atoms with Gasteiger partial charge in [-0.2, -0.15) is 0 Å². The first kappa shape index (κ1) is 14.4. The number of hydrogen-bond acceptors (Lipinski definition) is 2. The van der Waals surface area contributed by atoms with E-state index in [1.54, 1.807) is 9.13 Å². The van der Waals surface area contributed by atoms with Gasteiger partial charge in [-0.3, -0.25) is 9.13 Å². The fraction of sp³-hybridized carbons (Fsp3) is 0.500. The van der Waals surface area contributed by atoms with Crippen LogP contribution in [0.3, 0.4) is 0 Å². The summed E-state index contributed by atoms with van der Waals surface area (Å²) in [6.07, 6.45) is 0. The van der Waals surface area contributed by atoms with Gasteiger partial charge in [0.1, 0.15) is 0 Å². The summed E-state index contributed by atoms with van der Waals surface area (Å²) in [4.78, 5) is 13.9. The summed E-state index contributed by atoms with van der Waals surface area (Å²) >= 11 is 0. The zero-order valence-electron chi connectivity index (χ0n) is 12.4. The lowest BCUT2D eigenvalue weighted by molar-refractivity contribution is 0.794. The van der Waals surface area contributed by atoms with Crippen molar-refractivity contribution in [2.75, 3.05) is 19.0 Å². The van der Waals surface area contributed by atoms with Gasteiger partial charge in [0.15, 0.2) is 0 Å². The number of fused-ring (bicyclic) bond motifs is 1. The molecule has 0 amide bonds. The fourth-order valence-electron chi connectivity index (χ4n) is 2.10. The second-order valence-corrected chi connectivity index (χ2v) is 4.45. The molecule has 0 spiro atoms. The van der Waals surface area contributed by atoms with Gasteiger partial charge in [0.2, 0.25) is 0 Å². The Balaban J connectivity index is 0.000000771. The van der Waals surface area contributed by atoms with E-state index < -0.39 is 0 Å². The van der Waals surface area contributed by atoms with E-state index in [9.17, 15) is 4.79 Å². The molecule has 4 heteroatoms. The van der Waals surface area contributed by atoms with Crippen molar-refractivity contribution in [2.24, 2.45) is 14.1 Å². The summed E-state index contributed by atoms with van der Waals surface area (Å²) in [5, 5.41) is 0. The van der Waals surface area contributed by atoms with Gasteiger partial charge in [-0.1, -0.05) is 13.8 Å². The molecule has 1 aromatic heterocycles. The molecule has 100 valence electrons. The third-order valence-electron chi connectivity index (χ3n) is 2.97. The maximum atomic E-state index is 11.9. The van der Waals surface area contributed by atoms with Crippen LogP contribution in [0.25, 0.3) is 11.0 Å². The first-order chi connectivity index (χ1) is 8.43. The SMILES string of the molecule is CC.Cc1cc(N(C)C)c2c(c1)n(C)c(=O)n2C. The van der Waals surface area contributed by atoms with Crippen molar-refractivity contribution in [1.29, 1.82) is 0 Å². The third kappa shape index (κ3) is 2.15. The Morgan fingerprint density at radius 2 is 1.61 bits per heavy atom. The number of aryl methyl sites for hydroxylation is 3. The van der Waals surface area contributed by atoms with Crippen LogP contribution in [0.15, 0.2) is 16.9 Å². The molecule has 1 heterocycles. The van der Waals surface area contributed by atoms with Crippen LogP contribution in [0.4, 0.5) is 5.69 Å². The van der Waals surface area contributed by atoms with Gasteiger partial charge in [0.25, 0.3) is 0 Å². The summed E-state index contributed by atoms with van der Waals surface area (Å²) in [6.45, 7) is 6.05. The van der Waals surface area contributed by atoms with Crippen molar-refractivity contribution in [3.05, 3.63) is 28.2 Å². The highest BCUT2D eigenvalue weighted by Crippen LogP contribution is 2.25. The minimum absolute atomic E-state index is 0.0173. The Morgan fingerprint density at radius 1 is 1.06 bits per heavy atom. The largest absolute Gasteiger partial charge is 0.376 e. The Kier molecular flexibility index (Phi) is 4.22. The molecule has 4 nitrogen and oxygen atoms in total. The quantitative estimate of drug-likeness (QED) is 0.776. The smallest absolute Gasteiger partial charge is 0.328 e. The maximum absolute atomic E-state index is 11.9. The monoisotopic (exact) mass is 249 g/mol. The second-order valence-electron chi connectivity index (χ2n) is 4.45. The highest BCUT2D eigenvalue weighted by molar-refractivity contribution is 5.90. The molecule has 0 radical (unpaired) electrons. The number of benzene rings is 1. The number of aromatic nitrogens is 2. The Hall–Kier alpha value is -1.71. The standard InChI is InChI=1S/C12H17N3O.C2H6/c1-8-6-9(13(2)3)11-10(7-8)14(4)12(16)15(11)5;1-2/h6-7H,1-5H3;1-2H3. The zero-order valence-corrected chi connectivity index (χ0v) is 12.4. The normalized spacial score (nSPS) is 10.2. The Labute approximate surface area is 108 Å². The molecule has 0 unspecified atom stereocenters. The molecule has 0 aliphatic heterocycles. The van der Waals surface area contributed by atoms with Gasteiger partial charge in [0, 0.05) is 28.2 Å². The molecule has 0 fully saturated rings. The molecular weight excluding hydrogens is 226 g/mol. The lowest BCUT2D eigenvalue weighted by Gasteiger charge is -2.15. The van der Waals surface area contributed by atoms with Crippen molar-refractivity contribution in [3.63, 3.8) is 0 Å². The lowest BCUT2D eigenvalue weighted by atomic mass is 10.1. The van der Waals surface area contributed by atoms with E-state index in [1.807, 2.05) is 59.9 Å². The van der Waals surface area contributed by atoms with Gasteiger partial charge in [-0.05, 0) is 24.6 Å². The summed E-state index contributed by atoms with van der Waals surface area (Å²) < 4.78 is 3.39. The van der Waals surface area contributed by atoms with Crippen molar-refractivity contribution < 1.29 is 0 Å². The van der Waals surface area contributed by atoms with Gasteiger partial charge in [0.05, 0.1) is 16.7 Å². The van der Waals surface area contributed by atoms with Crippen molar-refractivity contribution in [2.45, 2.75) is 20.8 Å². The number of hydrogen-bond donors (Lipinski definition) is 0. The number of anilines is 1. The molecule has 0 bridgehead atoms. The predicted octanol–water partition coefficient (Wildman–Crippen LogP) is 2.28. The van der Waals surface area contributed by atoms with Crippen LogP contribution in [-0.2, 0) is 14.1 Å². The predicted molar refractivity (Wildman–Crippen MR) is 78.6 cm³/mol. The lowest BCUT2D eigenvalue weighted by Crippen LogP contribution is -2.19. The van der Waals surface area contributed by atoms with E-state index in [-0.39, 0.29) is 5.69 Å². The average molecular weight is 249 g/mol. The van der Waals surface area contributed by atoms with E-state index >= 15 is 0 Å². The topological polar surface area (TPSA) is 30.2 Å². The second kappa shape index (κ2) is 5.29. The van der Waals surface area contributed by atoms with Crippen LogP contribution < -0.4 is 10.6 Å². The van der Waals surface area contributed by atoms with Crippen LogP contribution in [0.2, 0.25) is 0 Å². The maximum Gasteiger partial charge on any atom is 0.328 e. The molecule has 18 heavy (non-hydrogen) atoms. The van der Waals surface area contributed by atoms with Crippen molar-refractivity contribution in [1.82, 2.24) is 9.13 Å². The van der Waals surface area contributed by atoms with Crippen LogP contribution >= 0.6 is 0 Å². The fourth-order valence-corrected chi connectivity index (χ4v) is 2.10. The number of nitrogens with zero attached hydrogens (tertiary/aromatic N) is 3. The van der Waals surface area contributed by atoms with Gasteiger partial charge in [-0.25, -0.2) is 4.79 Å². The van der Waals surface area contributed by atoms with Gasteiger partial charge >= 0.3 is 5.69 Å². The van der Waals surface area contributed by atoms with Gasteiger partial charge < -0.3 is 4.90 Å². The molecule has 2 aromatic rings. The van der Waals surface area contributed by atoms with E-state index in [0.29, 0.717) is 0 Å². The van der Waals surface area contributed by atoms with E-state index in [1.165, 1.54) is 0 Å². The minimum atomic E-state index is 0.0173. The highest BCUT2D eigenvalue weighted by atomic mass is 16.1. The molecule has 0 aliphatic carbocycles. The molecule has 0 aliphatic rings. The Bertz CT molecular complexity index is 606. The van der Waals surface area contributed by atoms with Crippen LogP contribution in [-0.4, -0.2) is 23.2 Å². The van der Waals surface area contributed by atoms with E-state index in [4.69, 9.17) is 0 Å². The molecule has 0 saturated heterocycles. The molecule has 0 atom stereocenters. The third-order valence-corrected chi connectivity index (χ3v) is 2.97. The summed E-state index contributed by atoms with van der Waals surface area (Å²) in [7, 11) is 7.61. The summed E-state index contributed by atoms with van der Waals surface area (Å²) in [5.41, 5.74) is 4.23. The van der Waals surface area contributed by atoms with Crippen LogP contribution in [0, 0.1) is 6.92 Å². The molecule has 2 rings (SSSR count). The van der Waals surface area contributed by atoms with E-state index in [2.05, 4.69) is 6.07 Å². The minimum Gasteiger partial charge on any atom is -0.376 e. The first-order valence-electron chi connectivity index (χ1n) is 6.27. The van der Waals surface area contributed by atoms with E-state index in [0.717, 1.165) is 22.3 Å². The van der Waals surface area contributed by atoms with Gasteiger partial charge in [-0.15, -0.1) is 0 Å². The van der Waals surface area contributed by atoms with Crippen molar-refractivity contribution in [3.8, 4) is 0 Å². The zero-order chi connectivity index (χ0) is 14.0. The number of rotatable bonds is 1. The van der Waals surface area contributed by atoms with Crippen LogP contribution in [0.5, 0.6) is 0 Å². The Morgan fingerprint density at radius 3 is 2.11 bits per heavy atom. The molecular formula is C14H23N3O. The molecule has 1 aromatic carbocycles. The molecule has 0 N–H and O–H groups in total. The highest BCUT2D eigenvalue weighted by Gasteiger charge is 2.13. The summed E-state index contributed by atoms with van der Waals surface area (Å²) in [5.74, 6) is 0. The molecule has 0 saturated carbocycles. The first-order valence-corrected chi connectivity index (χ1v) is 6.27.